The van der Waals surface area contributed by atoms with Gasteiger partial charge < -0.3 is 5.32 Å². The highest BCUT2D eigenvalue weighted by Gasteiger charge is 2.27. The maximum Gasteiger partial charge on any atom is 0.243 e. The van der Waals surface area contributed by atoms with Gasteiger partial charge in [0.05, 0.1) is 11.4 Å². The molecule has 1 N–H and O–H groups in total. The third-order valence-electron chi connectivity index (χ3n) is 4.60. The summed E-state index contributed by atoms with van der Waals surface area (Å²) in [4.78, 5) is 24.2. The molecule has 6 nitrogen and oxygen atoms in total. The minimum absolute atomic E-state index is 0.0320. The highest BCUT2D eigenvalue weighted by atomic mass is 35.5. The van der Waals surface area contributed by atoms with E-state index in [0.29, 0.717) is 21.8 Å². The lowest BCUT2D eigenvalue weighted by molar-refractivity contribution is -0.116. The Morgan fingerprint density at radius 1 is 1.00 bits per heavy atom. The number of nitrogens with zero attached hydrogens (tertiary/aromatic N) is 1. The van der Waals surface area contributed by atoms with Gasteiger partial charge in [-0.1, -0.05) is 35.9 Å². The van der Waals surface area contributed by atoms with E-state index in [-0.39, 0.29) is 17.2 Å². The maximum absolute atomic E-state index is 13.3. The monoisotopic (exact) mass is 474 g/mol. The highest BCUT2D eigenvalue weighted by molar-refractivity contribution is 7.89. The molecule has 0 saturated heterocycles. The minimum Gasteiger partial charge on any atom is -0.325 e. The second-order valence-corrected chi connectivity index (χ2v) is 9.41. The zero-order chi connectivity index (χ0) is 23.3. The molecular formula is C23H20ClFN2O4S. The van der Waals surface area contributed by atoms with E-state index in [9.17, 15) is 22.4 Å². The molecule has 9 heteroatoms. The number of benzene rings is 3. The van der Waals surface area contributed by atoms with Crippen LogP contribution >= 0.6 is 11.6 Å². The summed E-state index contributed by atoms with van der Waals surface area (Å²) in [5, 5.41) is 2.99. The molecule has 3 aromatic carbocycles. The molecule has 1 amide bonds. The van der Waals surface area contributed by atoms with Crippen molar-refractivity contribution in [1.82, 2.24) is 4.31 Å². The summed E-state index contributed by atoms with van der Waals surface area (Å²) in [6, 6.07) is 17.3. The third-order valence-corrected chi connectivity index (χ3v) is 6.65. The van der Waals surface area contributed by atoms with Gasteiger partial charge in [-0.25, -0.2) is 12.8 Å². The Hall–Kier alpha value is -3.07. The normalized spacial score (nSPS) is 11.4. The number of sulfonamides is 1. The van der Waals surface area contributed by atoms with Gasteiger partial charge in [-0.2, -0.15) is 4.31 Å². The average Bonchev–Trinajstić information content (AvgIpc) is 2.75. The molecule has 0 heterocycles. The molecule has 32 heavy (non-hydrogen) atoms. The highest BCUT2D eigenvalue weighted by Crippen LogP contribution is 2.21. The number of Topliss-reactive ketones (excluding diaryl/α,β-unsaturated/α-hetero) is 1. The van der Waals surface area contributed by atoms with Crippen LogP contribution in [-0.2, 0) is 21.4 Å². The molecule has 0 aliphatic heterocycles. The lowest BCUT2D eigenvalue weighted by Gasteiger charge is -2.22. The molecule has 0 spiro atoms. The van der Waals surface area contributed by atoms with Crippen molar-refractivity contribution in [3.05, 3.63) is 94.8 Å². The third kappa shape index (κ3) is 6.00. The molecule has 3 aromatic rings. The molecule has 0 fully saturated rings. The number of hydrogen-bond donors (Lipinski definition) is 1. The predicted octanol–water partition coefficient (Wildman–Crippen LogP) is 4.51. The number of nitrogens with one attached hydrogen (secondary N) is 1. The number of halogens is 2. The van der Waals surface area contributed by atoms with Gasteiger partial charge in [0.1, 0.15) is 5.82 Å². The van der Waals surface area contributed by atoms with Gasteiger partial charge in [0.15, 0.2) is 5.78 Å². The standard InChI is InChI=1S/C23H20ClFN2O4S/c1-16(28)18-3-2-4-21(13-18)26-23(29)15-27(14-17-5-9-20(25)10-6-17)32(30,31)22-11-7-19(24)8-12-22/h2-13H,14-15H2,1H3,(H,26,29). The van der Waals surface area contributed by atoms with Crippen LogP contribution in [0, 0.1) is 5.82 Å². The first-order chi connectivity index (χ1) is 15.1. The Morgan fingerprint density at radius 3 is 2.28 bits per heavy atom. The second kappa shape index (κ2) is 10.0. The van der Waals surface area contributed by atoms with Crippen LogP contribution in [0.4, 0.5) is 10.1 Å². The van der Waals surface area contributed by atoms with Crippen LogP contribution in [0.15, 0.2) is 77.7 Å². The fraction of sp³-hybridized carbons (Fsp3) is 0.130. The van der Waals surface area contributed by atoms with Crippen LogP contribution in [0.25, 0.3) is 0 Å². The van der Waals surface area contributed by atoms with Crippen molar-refractivity contribution in [1.29, 1.82) is 0 Å². The molecule has 0 radical (unpaired) electrons. The fourth-order valence-corrected chi connectivity index (χ4v) is 4.46. The van der Waals surface area contributed by atoms with Crippen LogP contribution in [0.2, 0.25) is 5.02 Å². The van der Waals surface area contributed by atoms with Crippen LogP contribution < -0.4 is 5.32 Å². The van der Waals surface area contributed by atoms with E-state index < -0.39 is 28.3 Å². The van der Waals surface area contributed by atoms with Gasteiger partial charge in [0, 0.05) is 22.8 Å². The van der Waals surface area contributed by atoms with E-state index in [1.165, 1.54) is 61.5 Å². The van der Waals surface area contributed by atoms with Gasteiger partial charge in [-0.15, -0.1) is 0 Å². The Balaban J connectivity index is 1.87. The number of ketones is 1. The first-order valence-corrected chi connectivity index (χ1v) is 11.4. The van der Waals surface area contributed by atoms with Crippen molar-refractivity contribution < 1.29 is 22.4 Å². The Bertz CT molecular complexity index is 1230. The van der Waals surface area contributed by atoms with Crippen molar-refractivity contribution in [3.63, 3.8) is 0 Å². The average molecular weight is 475 g/mol. The number of carbonyl (C=O) groups is 2. The number of rotatable bonds is 8. The summed E-state index contributed by atoms with van der Waals surface area (Å²) in [6.07, 6.45) is 0. The van der Waals surface area contributed by atoms with Crippen molar-refractivity contribution >= 4 is 39.0 Å². The van der Waals surface area contributed by atoms with E-state index in [4.69, 9.17) is 11.6 Å². The van der Waals surface area contributed by atoms with Crippen LogP contribution in [-0.4, -0.2) is 31.0 Å². The summed E-state index contributed by atoms with van der Waals surface area (Å²) < 4.78 is 40.7. The topological polar surface area (TPSA) is 83.6 Å². The van der Waals surface area contributed by atoms with Gasteiger partial charge in [-0.05, 0) is 61.0 Å². The molecule has 166 valence electrons. The summed E-state index contributed by atoms with van der Waals surface area (Å²) in [7, 11) is -4.07. The number of amides is 1. The summed E-state index contributed by atoms with van der Waals surface area (Å²) in [6.45, 7) is 0.767. The summed E-state index contributed by atoms with van der Waals surface area (Å²) in [5.74, 6) is -1.21. The van der Waals surface area contributed by atoms with Crippen LogP contribution in [0.5, 0.6) is 0 Å². The van der Waals surface area contributed by atoms with Crippen molar-refractivity contribution in [2.45, 2.75) is 18.4 Å². The molecule has 0 aromatic heterocycles. The lowest BCUT2D eigenvalue weighted by atomic mass is 10.1. The SMILES string of the molecule is CC(=O)c1cccc(NC(=O)CN(Cc2ccc(F)cc2)S(=O)(=O)c2ccc(Cl)cc2)c1. The zero-order valence-corrected chi connectivity index (χ0v) is 18.7. The Labute approximate surface area is 190 Å². The van der Waals surface area contributed by atoms with Gasteiger partial charge in [-0.3, -0.25) is 9.59 Å². The van der Waals surface area contributed by atoms with Crippen molar-refractivity contribution in [3.8, 4) is 0 Å². The van der Waals surface area contributed by atoms with Gasteiger partial charge >= 0.3 is 0 Å². The number of anilines is 1. The van der Waals surface area contributed by atoms with Crippen molar-refractivity contribution in [2.24, 2.45) is 0 Å². The molecule has 0 saturated carbocycles. The molecule has 0 bridgehead atoms. The van der Waals surface area contributed by atoms with Crippen LogP contribution in [0.1, 0.15) is 22.8 Å². The Kier molecular flexibility index (Phi) is 7.40. The van der Waals surface area contributed by atoms with Gasteiger partial charge in [0.25, 0.3) is 0 Å². The molecule has 3 rings (SSSR count). The maximum atomic E-state index is 13.3. The summed E-state index contributed by atoms with van der Waals surface area (Å²) in [5.41, 5.74) is 1.29. The molecule has 0 unspecified atom stereocenters. The first kappa shape index (κ1) is 23.6. The van der Waals surface area contributed by atoms with E-state index in [1.54, 1.807) is 18.2 Å². The molecule has 0 aliphatic rings. The Morgan fingerprint density at radius 2 is 1.66 bits per heavy atom. The second-order valence-electron chi connectivity index (χ2n) is 7.04. The largest absolute Gasteiger partial charge is 0.325 e. The molecule has 0 aliphatic carbocycles. The zero-order valence-electron chi connectivity index (χ0n) is 17.1. The molecular weight excluding hydrogens is 455 g/mol. The van der Waals surface area contributed by atoms with E-state index in [0.717, 1.165) is 4.31 Å². The van der Waals surface area contributed by atoms with E-state index in [2.05, 4.69) is 5.32 Å². The minimum atomic E-state index is -4.07. The van der Waals surface area contributed by atoms with E-state index in [1.807, 2.05) is 0 Å². The van der Waals surface area contributed by atoms with Gasteiger partial charge in [0.2, 0.25) is 15.9 Å². The van der Waals surface area contributed by atoms with Crippen molar-refractivity contribution in [2.75, 3.05) is 11.9 Å². The summed E-state index contributed by atoms with van der Waals surface area (Å²) >= 11 is 5.86. The number of hydrogen-bond acceptors (Lipinski definition) is 4. The lowest BCUT2D eigenvalue weighted by Crippen LogP contribution is -2.37. The smallest absolute Gasteiger partial charge is 0.243 e. The quantitative estimate of drug-likeness (QED) is 0.487. The fourth-order valence-electron chi connectivity index (χ4n) is 2.95. The predicted molar refractivity (Wildman–Crippen MR) is 121 cm³/mol. The van der Waals surface area contributed by atoms with E-state index >= 15 is 0 Å². The first-order valence-electron chi connectivity index (χ1n) is 9.56. The van der Waals surface area contributed by atoms with Crippen LogP contribution in [0.3, 0.4) is 0 Å². The molecule has 0 atom stereocenters. The number of carbonyl (C=O) groups excluding carboxylic acids is 2.